The zero-order valence-corrected chi connectivity index (χ0v) is 20.5. The largest absolute Gasteiger partial charge is 0.343 e. The summed E-state index contributed by atoms with van der Waals surface area (Å²) in [5.41, 5.74) is 0.359. The first-order valence-corrected chi connectivity index (χ1v) is 12.6. The first kappa shape index (κ1) is 24.2. The van der Waals surface area contributed by atoms with E-state index in [2.05, 4.69) is 20.5 Å². The summed E-state index contributed by atoms with van der Waals surface area (Å²) in [7, 11) is 0. The Morgan fingerprint density at radius 1 is 1.26 bits per heavy atom. The van der Waals surface area contributed by atoms with E-state index in [9.17, 15) is 9.18 Å². The van der Waals surface area contributed by atoms with Crippen LogP contribution in [0.5, 0.6) is 0 Å². The van der Waals surface area contributed by atoms with Crippen LogP contribution in [0.2, 0.25) is 0 Å². The fraction of sp³-hybridized carbons (Fsp3) is 0.792. The van der Waals surface area contributed by atoms with Gasteiger partial charge in [0.15, 0.2) is 5.82 Å². The first-order chi connectivity index (χ1) is 16.6. The molecular weight excluding hydrogens is 461 g/mol. The monoisotopic (exact) mass is 494 g/mol. The molecule has 0 bridgehead atoms. The number of aromatic nitrogens is 5. The van der Waals surface area contributed by atoms with Gasteiger partial charge in [0.25, 0.3) is 5.92 Å². The van der Waals surface area contributed by atoms with Gasteiger partial charge in [-0.2, -0.15) is 4.98 Å². The van der Waals surface area contributed by atoms with Gasteiger partial charge >= 0.3 is 0 Å². The van der Waals surface area contributed by atoms with E-state index in [1.807, 2.05) is 20.8 Å². The Morgan fingerprint density at radius 3 is 2.60 bits per heavy atom. The number of alkyl halides is 3. The topological polar surface area (TPSA) is 89.9 Å². The number of hydrogen-bond donors (Lipinski definition) is 0. The first-order valence-electron chi connectivity index (χ1n) is 12.6. The lowest BCUT2D eigenvalue weighted by Gasteiger charge is -2.40. The van der Waals surface area contributed by atoms with Crippen LogP contribution in [0.1, 0.15) is 101 Å². The standard InChI is InChI=1S/C24H33F3N6O2/c1-14(2)18-13-33(31-29-18)19-5-4-6-24(26,27)16(19)12-20(34)32-9-7-23(3,8-10-32)22-28-21(35-30-22)15-11-17(15)25/h13-17,19H,4-12H2,1-3H3/t15-,16-,17+,19+/m1/s1. The van der Waals surface area contributed by atoms with Crippen molar-refractivity contribution in [2.75, 3.05) is 13.1 Å². The van der Waals surface area contributed by atoms with Crippen LogP contribution in [0.3, 0.4) is 0 Å². The second-order valence-corrected chi connectivity index (χ2v) is 11.1. The Balaban J connectivity index is 1.24. The van der Waals surface area contributed by atoms with Gasteiger partial charge < -0.3 is 9.42 Å². The Hall–Kier alpha value is -2.46. The van der Waals surface area contributed by atoms with Gasteiger partial charge in [-0.25, -0.2) is 17.9 Å². The molecule has 192 valence electrons. The van der Waals surface area contributed by atoms with Crippen LogP contribution in [0.15, 0.2) is 10.7 Å². The maximum Gasteiger partial charge on any atom is 0.253 e. The molecule has 5 rings (SSSR count). The van der Waals surface area contributed by atoms with E-state index >= 15 is 8.78 Å². The van der Waals surface area contributed by atoms with Gasteiger partial charge in [-0.15, -0.1) is 5.10 Å². The molecule has 8 nitrogen and oxygen atoms in total. The second kappa shape index (κ2) is 8.89. The van der Waals surface area contributed by atoms with E-state index in [1.165, 1.54) is 0 Å². The minimum absolute atomic E-state index is 0.147. The maximum atomic E-state index is 15.1. The summed E-state index contributed by atoms with van der Waals surface area (Å²) in [4.78, 5) is 19.3. The van der Waals surface area contributed by atoms with Crippen LogP contribution in [0.25, 0.3) is 0 Å². The Kier molecular flexibility index (Phi) is 6.15. The number of nitrogens with zero attached hydrogens (tertiary/aromatic N) is 6. The Bertz CT molecular complexity index is 1060. The molecule has 4 atom stereocenters. The van der Waals surface area contributed by atoms with Gasteiger partial charge in [0.2, 0.25) is 11.8 Å². The van der Waals surface area contributed by atoms with E-state index in [0.717, 1.165) is 5.69 Å². The van der Waals surface area contributed by atoms with Crippen LogP contribution in [-0.4, -0.2) is 61.1 Å². The van der Waals surface area contributed by atoms with Crippen LogP contribution in [0.4, 0.5) is 13.2 Å². The van der Waals surface area contributed by atoms with Gasteiger partial charge in [0, 0.05) is 37.5 Å². The quantitative estimate of drug-likeness (QED) is 0.585. The molecule has 0 spiro atoms. The van der Waals surface area contributed by atoms with Crippen LogP contribution in [0, 0.1) is 5.92 Å². The van der Waals surface area contributed by atoms with Crippen molar-refractivity contribution in [2.45, 2.75) is 101 Å². The highest BCUT2D eigenvalue weighted by molar-refractivity contribution is 5.76. The van der Waals surface area contributed by atoms with Crippen molar-refractivity contribution in [1.82, 2.24) is 30.0 Å². The molecule has 35 heavy (non-hydrogen) atoms. The second-order valence-electron chi connectivity index (χ2n) is 11.1. The zero-order valence-electron chi connectivity index (χ0n) is 20.5. The fourth-order valence-corrected chi connectivity index (χ4v) is 5.37. The van der Waals surface area contributed by atoms with E-state index in [4.69, 9.17) is 4.52 Å². The number of halogens is 3. The van der Waals surface area contributed by atoms with Crippen LogP contribution in [-0.2, 0) is 10.2 Å². The minimum atomic E-state index is -2.94. The molecule has 2 aromatic heterocycles. The van der Waals surface area contributed by atoms with Gasteiger partial charge in [-0.1, -0.05) is 31.1 Å². The maximum absolute atomic E-state index is 15.1. The average Bonchev–Trinajstić information content (AvgIpc) is 3.22. The summed E-state index contributed by atoms with van der Waals surface area (Å²) in [5.74, 6) is -3.60. The highest BCUT2D eigenvalue weighted by atomic mass is 19.3. The minimum Gasteiger partial charge on any atom is -0.343 e. The van der Waals surface area contributed by atoms with E-state index in [-0.39, 0.29) is 30.6 Å². The van der Waals surface area contributed by atoms with Gasteiger partial charge in [0.05, 0.1) is 23.6 Å². The van der Waals surface area contributed by atoms with Crippen molar-refractivity contribution in [3.05, 3.63) is 23.6 Å². The van der Waals surface area contributed by atoms with Crippen LogP contribution < -0.4 is 0 Å². The third-order valence-corrected chi connectivity index (χ3v) is 8.10. The molecule has 0 radical (unpaired) electrons. The van der Waals surface area contributed by atoms with Crippen molar-refractivity contribution >= 4 is 5.91 Å². The molecule has 11 heteroatoms. The van der Waals surface area contributed by atoms with Gasteiger partial charge in [0.1, 0.15) is 6.17 Å². The number of hydrogen-bond acceptors (Lipinski definition) is 6. The predicted octanol–water partition coefficient (Wildman–Crippen LogP) is 4.56. The molecule has 2 saturated carbocycles. The van der Waals surface area contributed by atoms with Crippen molar-refractivity contribution in [2.24, 2.45) is 5.92 Å². The van der Waals surface area contributed by atoms with E-state index < -0.39 is 29.5 Å². The van der Waals surface area contributed by atoms with Gasteiger partial charge in [-0.05, 0) is 38.0 Å². The molecule has 2 aromatic rings. The smallest absolute Gasteiger partial charge is 0.253 e. The van der Waals surface area contributed by atoms with Crippen molar-refractivity contribution in [3.63, 3.8) is 0 Å². The molecule has 3 fully saturated rings. The lowest BCUT2D eigenvalue weighted by molar-refractivity contribution is -0.146. The lowest BCUT2D eigenvalue weighted by Crippen LogP contribution is -2.47. The number of amides is 1. The molecule has 0 unspecified atom stereocenters. The summed E-state index contributed by atoms with van der Waals surface area (Å²) in [5, 5.41) is 12.4. The van der Waals surface area contributed by atoms with E-state index in [0.29, 0.717) is 56.9 Å². The molecule has 3 heterocycles. The SMILES string of the molecule is CC(C)c1cn([C@H]2CCCC(F)(F)[C@@H]2CC(=O)N2CCC(C)(c3noc([C@@H]4C[C@@H]4F)n3)CC2)nn1. The molecule has 1 amide bonds. The van der Waals surface area contributed by atoms with Crippen molar-refractivity contribution in [1.29, 1.82) is 0 Å². The number of piperidine rings is 1. The summed E-state index contributed by atoms with van der Waals surface area (Å²) < 4.78 is 50.3. The fourth-order valence-electron chi connectivity index (χ4n) is 5.37. The average molecular weight is 495 g/mol. The third-order valence-electron chi connectivity index (χ3n) is 8.10. The predicted molar refractivity (Wildman–Crippen MR) is 120 cm³/mol. The molecule has 3 aliphatic rings. The zero-order chi connectivity index (χ0) is 25.0. The highest BCUT2D eigenvalue weighted by Gasteiger charge is 2.50. The number of carbonyl (C=O) groups is 1. The summed E-state index contributed by atoms with van der Waals surface area (Å²) in [6.45, 7) is 6.82. The molecule has 1 aliphatic heterocycles. The Morgan fingerprint density at radius 2 is 1.97 bits per heavy atom. The Labute approximate surface area is 202 Å². The van der Waals surface area contributed by atoms with Gasteiger partial charge in [-0.3, -0.25) is 4.79 Å². The van der Waals surface area contributed by atoms with Crippen molar-refractivity contribution in [3.8, 4) is 0 Å². The number of carbonyl (C=O) groups excluding carboxylic acids is 1. The summed E-state index contributed by atoms with van der Waals surface area (Å²) in [6, 6.07) is -0.558. The lowest BCUT2D eigenvalue weighted by atomic mass is 9.77. The molecule has 0 aromatic carbocycles. The van der Waals surface area contributed by atoms with Crippen LogP contribution >= 0.6 is 0 Å². The number of likely N-dealkylation sites (tertiary alicyclic amines) is 1. The molecular formula is C24H33F3N6O2. The number of rotatable bonds is 6. The van der Waals surface area contributed by atoms with Crippen molar-refractivity contribution < 1.29 is 22.5 Å². The molecule has 2 aliphatic carbocycles. The summed E-state index contributed by atoms with van der Waals surface area (Å²) >= 11 is 0. The summed E-state index contributed by atoms with van der Waals surface area (Å²) in [6.07, 6.45) is 2.92. The molecule has 0 N–H and O–H groups in total. The van der Waals surface area contributed by atoms with E-state index in [1.54, 1.807) is 15.8 Å². The highest BCUT2D eigenvalue weighted by Crippen LogP contribution is 2.47. The third kappa shape index (κ3) is 4.70. The molecule has 1 saturated heterocycles. The normalized spacial score (nSPS) is 30.0.